The molecule has 0 spiro atoms. The van der Waals surface area contributed by atoms with Crippen LogP contribution >= 0.6 is 0 Å². The maximum absolute atomic E-state index is 5.43. The maximum Gasteiger partial charge on any atom is 0.125 e. The largest absolute Gasteiger partial charge is 0.377 e. The second kappa shape index (κ2) is 6.13. The van der Waals surface area contributed by atoms with E-state index in [2.05, 4.69) is 21.3 Å². The zero-order valence-corrected chi connectivity index (χ0v) is 11.2. The molecule has 2 atom stereocenters. The molecule has 18 heavy (non-hydrogen) atoms. The van der Waals surface area contributed by atoms with Crippen molar-refractivity contribution >= 4 is 5.82 Å². The zero-order valence-electron chi connectivity index (χ0n) is 11.2. The highest BCUT2D eigenvalue weighted by Crippen LogP contribution is 2.18. The molecule has 0 bridgehead atoms. The highest BCUT2D eigenvalue weighted by atomic mass is 16.5. The van der Waals surface area contributed by atoms with Crippen molar-refractivity contribution in [3.8, 4) is 0 Å². The number of aromatic nitrogens is 1. The first-order chi connectivity index (χ1) is 8.76. The van der Waals surface area contributed by atoms with Crippen molar-refractivity contribution in [3.05, 3.63) is 23.9 Å². The standard InChI is InChI=1S/C13H21N3O2/c1-14-13-5-4-10(6-15-13)7-16-8-11(17-2)12(9-16)18-3/h4-6,11-12H,7-9H2,1-3H3,(H,14,15). The second-order valence-corrected chi connectivity index (χ2v) is 4.54. The average molecular weight is 251 g/mol. The Kier molecular flexibility index (Phi) is 4.52. The number of likely N-dealkylation sites (tertiary alicyclic amines) is 1. The van der Waals surface area contributed by atoms with E-state index in [0.29, 0.717) is 0 Å². The van der Waals surface area contributed by atoms with E-state index < -0.39 is 0 Å². The van der Waals surface area contributed by atoms with Gasteiger partial charge in [0.25, 0.3) is 0 Å². The number of hydrogen-bond acceptors (Lipinski definition) is 5. The third-order valence-corrected chi connectivity index (χ3v) is 3.38. The zero-order chi connectivity index (χ0) is 13.0. The molecule has 1 aliphatic rings. The van der Waals surface area contributed by atoms with Crippen LogP contribution in [-0.4, -0.2) is 56.4 Å². The maximum atomic E-state index is 5.43. The Morgan fingerprint density at radius 1 is 1.28 bits per heavy atom. The fourth-order valence-electron chi connectivity index (χ4n) is 2.32. The molecule has 1 aliphatic heterocycles. The van der Waals surface area contributed by atoms with Gasteiger partial charge in [-0.2, -0.15) is 0 Å². The normalized spacial score (nSPS) is 24.4. The van der Waals surface area contributed by atoms with E-state index in [9.17, 15) is 0 Å². The van der Waals surface area contributed by atoms with Gasteiger partial charge in [0, 0.05) is 47.1 Å². The summed E-state index contributed by atoms with van der Waals surface area (Å²) in [4.78, 5) is 6.65. The summed E-state index contributed by atoms with van der Waals surface area (Å²) in [7, 11) is 5.35. The van der Waals surface area contributed by atoms with Crippen molar-refractivity contribution in [2.24, 2.45) is 0 Å². The van der Waals surface area contributed by atoms with Gasteiger partial charge in [-0.25, -0.2) is 4.98 Å². The van der Waals surface area contributed by atoms with Crippen molar-refractivity contribution in [2.75, 3.05) is 39.7 Å². The summed E-state index contributed by atoms with van der Waals surface area (Å²) in [5.41, 5.74) is 1.21. The molecule has 5 heteroatoms. The number of nitrogens with zero attached hydrogens (tertiary/aromatic N) is 2. The van der Waals surface area contributed by atoms with E-state index in [4.69, 9.17) is 9.47 Å². The number of pyridine rings is 1. The molecule has 1 aromatic heterocycles. The van der Waals surface area contributed by atoms with E-state index in [1.807, 2.05) is 19.3 Å². The lowest BCUT2D eigenvalue weighted by atomic mass is 10.2. The Bertz CT molecular complexity index is 357. The van der Waals surface area contributed by atoms with Crippen molar-refractivity contribution in [1.29, 1.82) is 0 Å². The first-order valence-corrected chi connectivity index (χ1v) is 6.17. The monoisotopic (exact) mass is 251 g/mol. The summed E-state index contributed by atoms with van der Waals surface area (Å²) in [6.07, 6.45) is 2.24. The predicted octanol–water partition coefficient (Wildman–Crippen LogP) is 0.969. The van der Waals surface area contributed by atoms with Gasteiger partial charge in [0.2, 0.25) is 0 Å². The predicted molar refractivity (Wildman–Crippen MR) is 70.7 cm³/mol. The Hall–Kier alpha value is -1.17. The Labute approximate surface area is 108 Å². The van der Waals surface area contributed by atoms with Crippen molar-refractivity contribution in [2.45, 2.75) is 18.8 Å². The van der Waals surface area contributed by atoms with Gasteiger partial charge in [-0.05, 0) is 11.6 Å². The third kappa shape index (κ3) is 2.98. The van der Waals surface area contributed by atoms with Crippen LogP contribution in [-0.2, 0) is 16.0 Å². The first kappa shape index (κ1) is 13.3. The van der Waals surface area contributed by atoms with E-state index in [1.165, 1.54) is 5.56 Å². The molecule has 2 unspecified atom stereocenters. The Balaban J connectivity index is 1.93. The first-order valence-electron chi connectivity index (χ1n) is 6.17. The molecule has 1 aromatic rings. The quantitative estimate of drug-likeness (QED) is 0.845. The lowest BCUT2D eigenvalue weighted by Crippen LogP contribution is -2.27. The summed E-state index contributed by atoms with van der Waals surface area (Å²) in [5, 5.41) is 3.02. The summed E-state index contributed by atoms with van der Waals surface area (Å²) >= 11 is 0. The van der Waals surface area contributed by atoms with Gasteiger partial charge in [-0.1, -0.05) is 6.07 Å². The van der Waals surface area contributed by atoms with Crippen LogP contribution < -0.4 is 5.32 Å². The molecule has 5 nitrogen and oxygen atoms in total. The molecule has 1 fully saturated rings. The molecule has 0 radical (unpaired) electrons. The third-order valence-electron chi connectivity index (χ3n) is 3.38. The second-order valence-electron chi connectivity index (χ2n) is 4.54. The summed E-state index contributed by atoms with van der Waals surface area (Å²) in [5.74, 6) is 0.893. The molecular weight excluding hydrogens is 230 g/mol. The molecule has 2 rings (SSSR count). The summed E-state index contributed by atoms with van der Waals surface area (Å²) in [6, 6.07) is 4.09. The molecule has 0 amide bonds. The highest BCUT2D eigenvalue weighted by Gasteiger charge is 2.32. The number of anilines is 1. The number of hydrogen-bond donors (Lipinski definition) is 1. The minimum absolute atomic E-state index is 0.166. The number of rotatable bonds is 5. The van der Waals surface area contributed by atoms with Gasteiger partial charge in [-0.3, -0.25) is 4.90 Å². The molecule has 1 saturated heterocycles. The molecule has 0 saturated carbocycles. The lowest BCUT2D eigenvalue weighted by molar-refractivity contribution is -0.00461. The fraction of sp³-hybridized carbons (Fsp3) is 0.615. The van der Waals surface area contributed by atoms with Crippen molar-refractivity contribution in [3.63, 3.8) is 0 Å². The summed E-state index contributed by atoms with van der Waals surface area (Å²) in [6.45, 7) is 2.70. The lowest BCUT2D eigenvalue weighted by Gasteiger charge is -2.15. The fourth-order valence-corrected chi connectivity index (χ4v) is 2.32. The van der Waals surface area contributed by atoms with Crippen LogP contribution in [0.5, 0.6) is 0 Å². The minimum Gasteiger partial charge on any atom is -0.377 e. The Morgan fingerprint density at radius 3 is 2.39 bits per heavy atom. The molecule has 100 valence electrons. The van der Waals surface area contributed by atoms with Crippen molar-refractivity contribution < 1.29 is 9.47 Å². The van der Waals surface area contributed by atoms with Gasteiger partial charge >= 0.3 is 0 Å². The van der Waals surface area contributed by atoms with E-state index in [-0.39, 0.29) is 12.2 Å². The van der Waals surface area contributed by atoms with Crippen LogP contribution in [0.3, 0.4) is 0 Å². The number of nitrogens with one attached hydrogen (secondary N) is 1. The summed E-state index contributed by atoms with van der Waals surface area (Å²) < 4.78 is 10.9. The minimum atomic E-state index is 0.166. The molecule has 2 heterocycles. The Morgan fingerprint density at radius 2 is 1.94 bits per heavy atom. The van der Waals surface area contributed by atoms with E-state index in [1.54, 1.807) is 14.2 Å². The van der Waals surface area contributed by atoms with E-state index in [0.717, 1.165) is 25.5 Å². The van der Waals surface area contributed by atoms with Crippen LogP contribution in [0.1, 0.15) is 5.56 Å². The van der Waals surface area contributed by atoms with Crippen LogP contribution in [0.4, 0.5) is 5.82 Å². The van der Waals surface area contributed by atoms with Crippen LogP contribution in [0, 0.1) is 0 Å². The van der Waals surface area contributed by atoms with Crippen LogP contribution in [0.15, 0.2) is 18.3 Å². The molecular formula is C13H21N3O2. The van der Waals surface area contributed by atoms with Gasteiger partial charge in [0.05, 0.1) is 12.2 Å². The number of ether oxygens (including phenoxy) is 2. The highest BCUT2D eigenvalue weighted by molar-refractivity contribution is 5.34. The van der Waals surface area contributed by atoms with Gasteiger partial charge in [0.15, 0.2) is 0 Å². The van der Waals surface area contributed by atoms with Crippen LogP contribution in [0.2, 0.25) is 0 Å². The average Bonchev–Trinajstić information content (AvgIpc) is 2.81. The molecule has 0 aromatic carbocycles. The van der Waals surface area contributed by atoms with Crippen molar-refractivity contribution in [1.82, 2.24) is 9.88 Å². The number of methoxy groups -OCH3 is 2. The SMILES string of the molecule is CNc1ccc(CN2CC(OC)C(OC)C2)cn1. The van der Waals surface area contributed by atoms with Gasteiger partial charge < -0.3 is 14.8 Å². The van der Waals surface area contributed by atoms with Gasteiger partial charge in [0.1, 0.15) is 5.82 Å². The topological polar surface area (TPSA) is 46.6 Å². The van der Waals surface area contributed by atoms with Gasteiger partial charge in [-0.15, -0.1) is 0 Å². The van der Waals surface area contributed by atoms with E-state index >= 15 is 0 Å². The smallest absolute Gasteiger partial charge is 0.125 e. The van der Waals surface area contributed by atoms with Crippen LogP contribution in [0.25, 0.3) is 0 Å². The molecule has 0 aliphatic carbocycles. The molecule has 1 N–H and O–H groups in total.